The van der Waals surface area contributed by atoms with E-state index in [1.807, 2.05) is 0 Å². The van der Waals surface area contributed by atoms with E-state index in [9.17, 15) is 4.79 Å². The predicted molar refractivity (Wildman–Crippen MR) is 60.3 cm³/mol. The van der Waals surface area contributed by atoms with Crippen molar-refractivity contribution in [2.45, 2.75) is 51.0 Å². The molecule has 3 nitrogen and oxygen atoms in total. The van der Waals surface area contributed by atoms with Crippen molar-refractivity contribution in [1.82, 2.24) is 5.32 Å². The van der Waals surface area contributed by atoms with Gasteiger partial charge in [-0.1, -0.05) is 13.3 Å². The van der Waals surface area contributed by atoms with E-state index in [0.29, 0.717) is 5.92 Å². The number of primary amides is 1. The zero-order chi connectivity index (χ0) is 10.9. The van der Waals surface area contributed by atoms with Crippen LogP contribution in [0.3, 0.4) is 0 Å². The molecule has 0 aromatic heterocycles. The van der Waals surface area contributed by atoms with Crippen LogP contribution in [0.1, 0.15) is 45.4 Å². The molecule has 0 aromatic rings. The Morgan fingerprint density at radius 2 is 2.13 bits per heavy atom. The van der Waals surface area contributed by atoms with Crippen molar-refractivity contribution in [3.05, 3.63) is 0 Å². The molecule has 0 saturated heterocycles. The molecular formula is C12H22N2O. The van der Waals surface area contributed by atoms with Crippen LogP contribution in [-0.4, -0.2) is 18.0 Å². The third-order valence-corrected chi connectivity index (χ3v) is 4.09. The number of nitrogens with one attached hydrogen (secondary N) is 1. The lowest BCUT2D eigenvalue weighted by molar-refractivity contribution is -0.124. The zero-order valence-corrected chi connectivity index (χ0v) is 9.59. The average molecular weight is 210 g/mol. The van der Waals surface area contributed by atoms with Crippen LogP contribution < -0.4 is 11.1 Å². The lowest BCUT2D eigenvalue weighted by Gasteiger charge is -2.27. The lowest BCUT2D eigenvalue weighted by Crippen LogP contribution is -2.54. The first-order valence-electron chi connectivity index (χ1n) is 6.21. The van der Waals surface area contributed by atoms with Gasteiger partial charge in [-0.2, -0.15) is 0 Å². The molecule has 2 fully saturated rings. The molecule has 2 rings (SSSR count). The van der Waals surface area contributed by atoms with Gasteiger partial charge in [-0.3, -0.25) is 4.79 Å². The first-order valence-corrected chi connectivity index (χ1v) is 6.21. The summed E-state index contributed by atoms with van der Waals surface area (Å²) in [5, 5.41) is 3.45. The molecule has 2 aliphatic rings. The largest absolute Gasteiger partial charge is 0.368 e. The molecule has 2 atom stereocenters. The van der Waals surface area contributed by atoms with Crippen LogP contribution in [0.25, 0.3) is 0 Å². The molecule has 0 radical (unpaired) electrons. The van der Waals surface area contributed by atoms with E-state index in [0.717, 1.165) is 31.7 Å². The maximum Gasteiger partial charge on any atom is 0.237 e. The van der Waals surface area contributed by atoms with Crippen LogP contribution >= 0.6 is 0 Å². The second kappa shape index (κ2) is 4.12. The van der Waals surface area contributed by atoms with Crippen molar-refractivity contribution in [2.75, 3.05) is 6.54 Å². The fourth-order valence-corrected chi connectivity index (χ4v) is 2.63. The number of amides is 1. The predicted octanol–water partition coefficient (Wildman–Crippen LogP) is 1.42. The monoisotopic (exact) mass is 210 g/mol. The van der Waals surface area contributed by atoms with E-state index in [1.165, 1.54) is 19.3 Å². The number of carbonyl (C=O) groups excluding carboxylic acids is 1. The third kappa shape index (κ3) is 2.33. The third-order valence-electron chi connectivity index (χ3n) is 4.09. The fourth-order valence-electron chi connectivity index (χ4n) is 2.63. The standard InChI is InChI=1S/C12H22N2O/c1-2-9-5-6-12(7-9,11(13)15)14-8-10-3-4-10/h9-10,14H,2-8H2,1H3,(H2,13,15). The Morgan fingerprint density at radius 3 is 2.60 bits per heavy atom. The van der Waals surface area contributed by atoms with Gasteiger partial charge in [-0.15, -0.1) is 0 Å². The van der Waals surface area contributed by atoms with E-state index in [4.69, 9.17) is 5.73 Å². The SMILES string of the molecule is CCC1CCC(NCC2CC2)(C(N)=O)C1. The summed E-state index contributed by atoms with van der Waals surface area (Å²) in [6.07, 6.45) is 6.84. The Morgan fingerprint density at radius 1 is 1.40 bits per heavy atom. The van der Waals surface area contributed by atoms with Gasteiger partial charge >= 0.3 is 0 Å². The number of rotatable bonds is 5. The number of hydrogen-bond donors (Lipinski definition) is 2. The van der Waals surface area contributed by atoms with Crippen LogP contribution in [0, 0.1) is 11.8 Å². The summed E-state index contributed by atoms with van der Waals surface area (Å²) in [4.78, 5) is 11.6. The quantitative estimate of drug-likeness (QED) is 0.721. The lowest BCUT2D eigenvalue weighted by atomic mass is 9.94. The molecule has 15 heavy (non-hydrogen) atoms. The highest BCUT2D eigenvalue weighted by atomic mass is 16.1. The summed E-state index contributed by atoms with van der Waals surface area (Å²) < 4.78 is 0. The molecular weight excluding hydrogens is 188 g/mol. The first kappa shape index (κ1) is 10.9. The van der Waals surface area contributed by atoms with Gasteiger partial charge in [-0.25, -0.2) is 0 Å². The maximum absolute atomic E-state index is 11.6. The van der Waals surface area contributed by atoms with Crippen molar-refractivity contribution in [1.29, 1.82) is 0 Å². The maximum atomic E-state index is 11.6. The zero-order valence-electron chi connectivity index (χ0n) is 9.59. The molecule has 2 saturated carbocycles. The topological polar surface area (TPSA) is 55.1 Å². The summed E-state index contributed by atoms with van der Waals surface area (Å²) in [5.74, 6) is 1.35. The van der Waals surface area contributed by atoms with Crippen molar-refractivity contribution < 1.29 is 4.79 Å². The highest BCUT2D eigenvalue weighted by molar-refractivity contribution is 5.85. The summed E-state index contributed by atoms with van der Waals surface area (Å²) in [5.41, 5.74) is 5.18. The van der Waals surface area contributed by atoms with Crippen LogP contribution in [0.5, 0.6) is 0 Å². The van der Waals surface area contributed by atoms with E-state index >= 15 is 0 Å². The molecule has 0 aromatic carbocycles. The minimum Gasteiger partial charge on any atom is -0.368 e. The Balaban J connectivity index is 1.94. The normalized spacial score (nSPS) is 35.7. The van der Waals surface area contributed by atoms with Gasteiger partial charge in [-0.05, 0) is 50.5 Å². The molecule has 3 heteroatoms. The van der Waals surface area contributed by atoms with E-state index in [-0.39, 0.29) is 11.4 Å². The van der Waals surface area contributed by atoms with Gasteiger partial charge in [0.1, 0.15) is 0 Å². The van der Waals surface area contributed by atoms with Crippen molar-refractivity contribution in [3.63, 3.8) is 0 Å². The van der Waals surface area contributed by atoms with Crippen LogP contribution in [0.15, 0.2) is 0 Å². The van der Waals surface area contributed by atoms with Crippen molar-refractivity contribution >= 4 is 5.91 Å². The molecule has 2 unspecified atom stereocenters. The minimum absolute atomic E-state index is 0.140. The number of nitrogens with two attached hydrogens (primary N) is 1. The van der Waals surface area contributed by atoms with Gasteiger partial charge in [0.15, 0.2) is 0 Å². The minimum atomic E-state index is -0.372. The first-order chi connectivity index (χ1) is 7.16. The summed E-state index contributed by atoms with van der Waals surface area (Å²) in [6.45, 7) is 3.18. The van der Waals surface area contributed by atoms with Gasteiger partial charge in [0, 0.05) is 0 Å². The van der Waals surface area contributed by atoms with Gasteiger partial charge in [0.25, 0.3) is 0 Å². The van der Waals surface area contributed by atoms with E-state index in [1.54, 1.807) is 0 Å². The Bertz CT molecular complexity index is 250. The van der Waals surface area contributed by atoms with E-state index in [2.05, 4.69) is 12.2 Å². The Hall–Kier alpha value is -0.570. The smallest absolute Gasteiger partial charge is 0.237 e. The molecule has 86 valence electrons. The Labute approximate surface area is 91.8 Å². The van der Waals surface area contributed by atoms with Gasteiger partial charge in [0.05, 0.1) is 5.54 Å². The van der Waals surface area contributed by atoms with Crippen molar-refractivity contribution in [2.24, 2.45) is 17.6 Å². The van der Waals surface area contributed by atoms with Gasteiger partial charge in [0.2, 0.25) is 5.91 Å². The highest BCUT2D eigenvalue weighted by Gasteiger charge is 2.43. The average Bonchev–Trinajstić information content (AvgIpc) is 2.95. The fraction of sp³-hybridized carbons (Fsp3) is 0.917. The molecule has 0 bridgehead atoms. The number of carbonyl (C=O) groups is 1. The van der Waals surface area contributed by atoms with Gasteiger partial charge < -0.3 is 11.1 Å². The second-order valence-electron chi connectivity index (χ2n) is 5.29. The second-order valence-corrected chi connectivity index (χ2v) is 5.29. The highest BCUT2D eigenvalue weighted by Crippen LogP contribution is 2.37. The van der Waals surface area contributed by atoms with Crippen LogP contribution in [-0.2, 0) is 4.79 Å². The molecule has 0 spiro atoms. The number of hydrogen-bond acceptors (Lipinski definition) is 2. The molecule has 1 amide bonds. The molecule has 0 aliphatic heterocycles. The van der Waals surface area contributed by atoms with E-state index < -0.39 is 0 Å². The van der Waals surface area contributed by atoms with Crippen LogP contribution in [0.2, 0.25) is 0 Å². The molecule has 2 aliphatic carbocycles. The van der Waals surface area contributed by atoms with Crippen molar-refractivity contribution in [3.8, 4) is 0 Å². The Kier molecular flexibility index (Phi) is 3.01. The molecule has 0 heterocycles. The van der Waals surface area contributed by atoms with Crippen LogP contribution in [0.4, 0.5) is 0 Å². The summed E-state index contributed by atoms with van der Waals surface area (Å²) >= 11 is 0. The summed E-state index contributed by atoms with van der Waals surface area (Å²) in [7, 11) is 0. The molecule has 3 N–H and O–H groups in total. The summed E-state index contributed by atoms with van der Waals surface area (Å²) in [6, 6.07) is 0.